The Balaban J connectivity index is 1.53. The van der Waals surface area contributed by atoms with Crippen molar-refractivity contribution in [3.05, 3.63) is 40.9 Å². The first kappa shape index (κ1) is 16.8. The number of hydrogen-bond donors (Lipinski definition) is 2. The quantitative estimate of drug-likeness (QED) is 0.819. The Labute approximate surface area is 148 Å². The van der Waals surface area contributed by atoms with Crippen LogP contribution < -0.4 is 10.1 Å². The van der Waals surface area contributed by atoms with Gasteiger partial charge in [-0.3, -0.25) is 9.59 Å². The van der Waals surface area contributed by atoms with Crippen molar-refractivity contribution in [1.82, 2.24) is 5.32 Å². The molecule has 3 rings (SSSR count). The molecule has 1 amide bonds. The summed E-state index contributed by atoms with van der Waals surface area (Å²) in [5, 5.41) is 14.0. The summed E-state index contributed by atoms with van der Waals surface area (Å²) in [4.78, 5) is 22.9. The van der Waals surface area contributed by atoms with E-state index in [2.05, 4.69) is 21.2 Å². The monoisotopic (exact) mass is 391 g/mol. The van der Waals surface area contributed by atoms with Crippen LogP contribution in [0.1, 0.15) is 19.3 Å². The standard InChI is InChI=1S/C18H18BrNO4/c19-14-4-1-12-9-16(6-3-11(12)7-14)24-10-17(21)20-15-5-2-13(8-15)18(22)23/h1,3-4,6-7,9,13,15H,2,5,8,10H2,(H,20,21)(H,22,23)/t13-,15+/m1/s1. The van der Waals surface area contributed by atoms with Gasteiger partial charge in [-0.25, -0.2) is 0 Å². The fourth-order valence-corrected chi connectivity index (χ4v) is 3.42. The first-order valence-corrected chi connectivity index (χ1v) is 8.65. The molecule has 0 aliphatic heterocycles. The van der Waals surface area contributed by atoms with Crippen molar-refractivity contribution in [2.75, 3.05) is 6.61 Å². The SMILES string of the molecule is O=C(COc1ccc2cc(Br)ccc2c1)N[C@H]1CC[C@@H](C(=O)O)C1. The molecule has 1 aliphatic rings. The van der Waals surface area contributed by atoms with E-state index >= 15 is 0 Å². The maximum atomic E-state index is 12.0. The second-order valence-electron chi connectivity index (χ2n) is 6.05. The normalized spacial score (nSPS) is 20.0. The zero-order valence-electron chi connectivity index (χ0n) is 13.0. The minimum Gasteiger partial charge on any atom is -0.484 e. The number of amides is 1. The van der Waals surface area contributed by atoms with Crippen molar-refractivity contribution in [1.29, 1.82) is 0 Å². The molecule has 2 atom stereocenters. The molecule has 0 saturated heterocycles. The van der Waals surface area contributed by atoms with E-state index in [0.717, 1.165) is 15.2 Å². The van der Waals surface area contributed by atoms with Crippen LogP contribution in [0.4, 0.5) is 0 Å². The Morgan fingerprint density at radius 1 is 1.17 bits per heavy atom. The van der Waals surface area contributed by atoms with Crippen LogP contribution in [0.25, 0.3) is 10.8 Å². The lowest BCUT2D eigenvalue weighted by Gasteiger charge is -2.13. The van der Waals surface area contributed by atoms with Crippen LogP contribution in [-0.4, -0.2) is 29.6 Å². The van der Waals surface area contributed by atoms with E-state index in [1.807, 2.05) is 36.4 Å². The maximum Gasteiger partial charge on any atom is 0.306 e. The van der Waals surface area contributed by atoms with E-state index in [9.17, 15) is 9.59 Å². The Kier molecular flexibility index (Phi) is 5.04. The number of aliphatic carboxylic acids is 1. The van der Waals surface area contributed by atoms with E-state index in [0.29, 0.717) is 25.0 Å². The zero-order chi connectivity index (χ0) is 17.1. The van der Waals surface area contributed by atoms with E-state index in [4.69, 9.17) is 9.84 Å². The number of ether oxygens (including phenoxy) is 1. The zero-order valence-corrected chi connectivity index (χ0v) is 14.6. The van der Waals surface area contributed by atoms with Crippen LogP contribution in [0.3, 0.4) is 0 Å². The lowest BCUT2D eigenvalue weighted by atomic mass is 10.1. The van der Waals surface area contributed by atoms with Gasteiger partial charge in [0.1, 0.15) is 5.75 Å². The summed E-state index contributed by atoms with van der Waals surface area (Å²) in [6.45, 7) is -0.0731. The predicted octanol–water partition coefficient (Wildman–Crippen LogP) is 3.35. The minimum absolute atomic E-state index is 0.0730. The number of carboxylic acids is 1. The molecule has 0 heterocycles. The highest BCUT2D eigenvalue weighted by Gasteiger charge is 2.30. The van der Waals surface area contributed by atoms with Gasteiger partial charge >= 0.3 is 5.97 Å². The number of nitrogens with one attached hydrogen (secondary N) is 1. The third-order valence-electron chi connectivity index (χ3n) is 4.29. The van der Waals surface area contributed by atoms with Gasteiger partial charge in [-0.15, -0.1) is 0 Å². The maximum absolute atomic E-state index is 12.0. The molecular formula is C18H18BrNO4. The number of carbonyl (C=O) groups excluding carboxylic acids is 1. The van der Waals surface area contributed by atoms with E-state index < -0.39 is 5.97 Å². The molecule has 1 fully saturated rings. The van der Waals surface area contributed by atoms with Crippen molar-refractivity contribution in [3.63, 3.8) is 0 Å². The van der Waals surface area contributed by atoms with Gasteiger partial charge in [-0.1, -0.05) is 28.1 Å². The van der Waals surface area contributed by atoms with Gasteiger partial charge in [0.15, 0.2) is 6.61 Å². The van der Waals surface area contributed by atoms with Crippen molar-refractivity contribution in [2.24, 2.45) is 5.92 Å². The Morgan fingerprint density at radius 3 is 2.67 bits per heavy atom. The van der Waals surface area contributed by atoms with Gasteiger partial charge < -0.3 is 15.2 Å². The first-order chi connectivity index (χ1) is 11.5. The van der Waals surface area contributed by atoms with E-state index in [-0.39, 0.29) is 24.5 Å². The minimum atomic E-state index is -0.786. The third kappa shape index (κ3) is 4.06. The highest BCUT2D eigenvalue weighted by molar-refractivity contribution is 9.10. The average Bonchev–Trinajstić information content (AvgIpc) is 3.01. The van der Waals surface area contributed by atoms with Crippen molar-refractivity contribution in [3.8, 4) is 5.75 Å². The van der Waals surface area contributed by atoms with Crippen LogP contribution in [0.5, 0.6) is 5.75 Å². The lowest BCUT2D eigenvalue weighted by molar-refractivity contribution is -0.141. The van der Waals surface area contributed by atoms with E-state index in [1.165, 1.54) is 0 Å². The van der Waals surface area contributed by atoms with Crippen molar-refractivity contribution >= 4 is 38.6 Å². The second kappa shape index (κ2) is 7.21. The fourth-order valence-electron chi connectivity index (χ4n) is 3.04. The molecule has 24 heavy (non-hydrogen) atoms. The summed E-state index contributed by atoms with van der Waals surface area (Å²) in [7, 11) is 0. The highest BCUT2D eigenvalue weighted by Crippen LogP contribution is 2.26. The van der Waals surface area contributed by atoms with E-state index in [1.54, 1.807) is 0 Å². The third-order valence-corrected chi connectivity index (χ3v) is 4.78. The average molecular weight is 392 g/mol. The van der Waals surface area contributed by atoms with Crippen molar-refractivity contribution < 1.29 is 19.4 Å². The number of rotatable bonds is 5. The van der Waals surface area contributed by atoms with Crippen molar-refractivity contribution in [2.45, 2.75) is 25.3 Å². The summed E-state index contributed by atoms with van der Waals surface area (Å²) < 4.78 is 6.56. The topological polar surface area (TPSA) is 75.6 Å². The largest absolute Gasteiger partial charge is 0.484 e. The fraction of sp³-hybridized carbons (Fsp3) is 0.333. The molecule has 126 valence electrons. The lowest BCUT2D eigenvalue weighted by Crippen LogP contribution is -2.36. The van der Waals surface area contributed by atoms with Crippen LogP contribution >= 0.6 is 15.9 Å². The molecule has 0 unspecified atom stereocenters. The van der Waals surface area contributed by atoms with Gasteiger partial charge in [0.2, 0.25) is 0 Å². The molecule has 5 nitrogen and oxygen atoms in total. The van der Waals surface area contributed by atoms with Crippen LogP contribution in [-0.2, 0) is 9.59 Å². The number of benzene rings is 2. The van der Waals surface area contributed by atoms with Gasteiger partial charge in [0, 0.05) is 10.5 Å². The van der Waals surface area contributed by atoms with Gasteiger partial charge in [0.25, 0.3) is 5.91 Å². The Morgan fingerprint density at radius 2 is 1.92 bits per heavy atom. The van der Waals surface area contributed by atoms with Crippen LogP contribution in [0.15, 0.2) is 40.9 Å². The Bertz CT molecular complexity index is 777. The molecule has 0 radical (unpaired) electrons. The van der Waals surface area contributed by atoms with Gasteiger partial charge in [-0.2, -0.15) is 0 Å². The summed E-state index contributed by atoms with van der Waals surface area (Å²) in [5.41, 5.74) is 0. The molecule has 2 aromatic carbocycles. The second-order valence-corrected chi connectivity index (χ2v) is 6.97. The smallest absolute Gasteiger partial charge is 0.306 e. The highest BCUT2D eigenvalue weighted by atomic mass is 79.9. The van der Waals surface area contributed by atoms with Gasteiger partial charge in [-0.05, 0) is 54.3 Å². The number of halogens is 1. The first-order valence-electron chi connectivity index (χ1n) is 7.85. The molecule has 6 heteroatoms. The van der Waals surface area contributed by atoms with Gasteiger partial charge in [0.05, 0.1) is 5.92 Å². The molecule has 1 saturated carbocycles. The molecule has 2 aromatic rings. The molecule has 0 spiro atoms. The molecule has 2 N–H and O–H groups in total. The predicted molar refractivity (Wildman–Crippen MR) is 94.1 cm³/mol. The Hall–Kier alpha value is -2.08. The molecule has 1 aliphatic carbocycles. The summed E-state index contributed by atoms with van der Waals surface area (Å²) in [6, 6.07) is 11.6. The summed E-state index contributed by atoms with van der Waals surface area (Å²) in [6.07, 6.45) is 1.81. The summed E-state index contributed by atoms with van der Waals surface area (Å²) >= 11 is 3.43. The summed E-state index contributed by atoms with van der Waals surface area (Å²) in [5.74, 6) is -0.724. The molecular weight excluding hydrogens is 374 g/mol. The van der Waals surface area contributed by atoms with Crippen LogP contribution in [0.2, 0.25) is 0 Å². The number of carboxylic acid groups (broad SMARTS) is 1. The molecule has 0 aromatic heterocycles. The molecule has 0 bridgehead atoms. The number of hydrogen-bond acceptors (Lipinski definition) is 3. The van der Waals surface area contributed by atoms with Crippen LogP contribution in [0, 0.1) is 5.92 Å². The number of fused-ring (bicyclic) bond motifs is 1. The number of carbonyl (C=O) groups is 2.